The van der Waals surface area contributed by atoms with Crippen molar-refractivity contribution in [1.82, 2.24) is 10.2 Å². The molecule has 2 fully saturated rings. The molecule has 0 spiro atoms. The largest absolute Gasteiger partial charge is 0.444 e. The monoisotopic (exact) mass is 406 g/mol. The zero-order valence-electron chi connectivity index (χ0n) is 17.4. The first-order chi connectivity index (χ1) is 13.7. The third-order valence-electron chi connectivity index (χ3n) is 5.70. The SMILES string of the molecule is CC(C)(C)OC(=O)N1C2CCC1CC(CC(=O)NC(CO)c1ccc(F)cc1)C2. The van der Waals surface area contributed by atoms with Crippen LogP contribution in [0, 0.1) is 11.7 Å². The van der Waals surface area contributed by atoms with E-state index in [9.17, 15) is 19.1 Å². The Kier molecular flexibility index (Phi) is 6.46. The molecular weight excluding hydrogens is 375 g/mol. The smallest absolute Gasteiger partial charge is 0.410 e. The van der Waals surface area contributed by atoms with E-state index in [-0.39, 0.29) is 42.4 Å². The van der Waals surface area contributed by atoms with Gasteiger partial charge in [0.2, 0.25) is 5.91 Å². The molecule has 3 unspecified atom stereocenters. The summed E-state index contributed by atoms with van der Waals surface area (Å²) >= 11 is 0. The van der Waals surface area contributed by atoms with Gasteiger partial charge in [-0.3, -0.25) is 4.79 Å². The summed E-state index contributed by atoms with van der Waals surface area (Å²) in [6.45, 7) is 5.34. The number of amides is 2. The number of aliphatic hydroxyl groups excluding tert-OH is 1. The van der Waals surface area contributed by atoms with Gasteiger partial charge in [-0.05, 0) is 70.1 Å². The van der Waals surface area contributed by atoms with Crippen LogP contribution in [-0.4, -0.2) is 46.3 Å². The molecule has 2 aliphatic rings. The fourth-order valence-electron chi connectivity index (χ4n) is 4.51. The van der Waals surface area contributed by atoms with Crippen molar-refractivity contribution in [2.24, 2.45) is 5.92 Å². The van der Waals surface area contributed by atoms with Crippen molar-refractivity contribution in [3.05, 3.63) is 35.6 Å². The number of hydrogen-bond acceptors (Lipinski definition) is 4. The molecule has 1 aromatic carbocycles. The summed E-state index contributed by atoms with van der Waals surface area (Å²) in [5.74, 6) is -0.300. The summed E-state index contributed by atoms with van der Waals surface area (Å²) in [6.07, 6.45) is 3.54. The molecule has 2 aliphatic heterocycles. The zero-order chi connectivity index (χ0) is 21.2. The molecule has 160 valence electrons. The first-order valence-electron chi connectivity index (χ1n) is 10.3. The van der Waals surface area contributed by atoms with Crippen LogP contribution in [0.4, 0.5) is 9.18 Å². The Hall–Kier alpha value is -2.15. The molecule has 0 radical (unpaired) electrons. The Morgan fingerprint density at radius 3 is 2.31 bits per heavy atom. The fraction of sp³-hybridized carbons (Fsp3) is 0.636. The zero-order valence-corrected chi connectivity index (χ0v) is 17.4. The van der Waals surface area contributed by atoms with E-state index in [1.54, 1.807) is 12.1 Å². The van der Waals surface area contributed by atoms with Gasteiger partial charge in [-0.1, -0.05) is 12.1 Å². The molecule has 2 bridgehead atoms. The van der Waals surface area contributed by atoms with Crippen molar-refractivity contribution in [2.45, 2.75) is 76.6 Å². The Bertz CT molecular complexity index is 717. The molecule has 0 aromatic heterocycles. The summed E-state index contributed by atoms with van der Waals surface area (Å²) in [6, 6.07) is 5.44. The van der Waals surface area contributed by atoms with Crippen LogP contribution in [0.25, 0.3) is 0 Å². The number of carbonyl (C=O) groups is 2. The number of halogens is 1. The van der Waals surface area contributed by atoms with Gasteiger partial charge in [-0.15, -0.1) is 0 Å². The lowest BCUT2D eigenvalue weighted by atomic mass is 9.88. The summed E-state index contributed by atoms with van der Waals surface area (Å²) in [7, 11) is 0. The van der Waals surface area contributed by atoms with Crippen molar-refractivity contribution in [2.75, 3.05) is 6.61 Å². The Morgan fingerprint density at radius 1 is 1.21 bits per heavy atom. The second-order valence-corrected chi connectivity index (χ2v) is 9.17. The molecule has 2 N–H and O–H groups in total. The standard InChI is InChI=1S/C22H31FN2O4/c1-22(2,3)29-21(28)25-17-8-9-18(25)11-14(10-17)12-20(27)24-19(13-26)15-4-6-16(23)7-5-15/h4-7,14,17-19,26H,8-13H2,1-3H3,(H,24,27). The predicted octanol–water partition coefficient (Wildman–Crippen LogP) is 3.54. The third-order valence-corrected chi connectivity index (χ3v) is 5.70. The van der Waals surface area contributed by atoms with Gasteiger partial charge in [-0.25, -0.2) is 9.18 Å². The molecule has 3 rings (SSSR count). The van der Waals surface area contributed by atoms with E-state index in [1.165, 1.54) is 12.1 Å². The van der Waals surface area contributed by atoms with E-state index >= 15 is 0 Å². The Morgan fingerprint density at radius 2 is 1.79 bits per heavy atom. The lowest BCUT2D eigenvalue weighted by Crippen LogP contribution is -2.49. The second-order valence-electron chi connectivity index (χ2n) is 9.17. The first-order valence-corrected chi connectivity index (χ1v) is 10.3. The summed E-state index contributed by atoms with van der Waals surface area (Å²) in [5, 5.41) is 12.5. The van der Waals surface area contributed by atoms with Crippen molar-refractivity contribution >= 4 is 12.0 Å². The number of ether oxygens (including phenoxy) is 1. The highest BCUT2D eigenvalue weighted by molar-refractivity contribution is 5.77. The van der Waals surface area contributed by atoms with Crippen molar-refractivity contribution < 1.29 is 23.8 Å². The number of nitrogens with zero attached hydrogens (tertiary/aromatic N) is 1. The second kappa shape index (κ2) is 8.69. The molecule has 0 saturated carbocycles. The lowest BCUT2D eigenvalue weighted by Gasteiger charge is -2.39. The van der Waals surface area contributed by atoms with E-state index in [1.807, 2.05) is 25.7 Å². The minimum absolute atomic E-state index is 0.118. The third kappa shape index (κ3) is 5.47. The highest BCUT2D eigenvalue weighted by atomic mass is 19.1. The quantitative estimate of drug-likeness (QED) is 0.784. The molecule has 2 amide bonds. The number of carbonyl (C=O) groups excluding carboxylic acids is 2. The lowest BCUT2D eigenvalue weighted by molar-refractivity contribution is -0.123. The van der Waals surface area contributed by atoms with Crippen molar-refractivity contribution in [1.29, 1.82) is 0 Å². The van der Waals surface area contributed by atoms with Gasteiger partial charge in [0, 0.05) is 18.5 Å². The van der Waals surface area contributed by atoms with Gasteiger partial charge in [0.05, 0.1) is 12.6 Å². The maximum absolute atomic E-state index is 13.1. The van der Waals surface area contributed by atoms with Crippen LogP contribution in [0.3, 0.4) is 0 Å². The van der Waals surface area contributed by atoms with Gasteiger partial charge in [0.15, 0.2) is 0 Å². The van der Waals surface area contributed by atoms with Gasteiger partial charge in [0.25, 0.3) is 0 Å². The van der Waals surface area contributed by atoms with Crippen LogP contribution >= 0.6 is 0 Å². The van der Waals surface area contributed by atoms with Gasteiger partial charge in [0.1, 0.15) is 11.4 Å². The molecule has 3 atom stereocenters. The Balaban J connectivity index is 1.55. The number of benzene rings is 1. The van der Waals surface area contributed by atoms with Crippen LogP contribution in [0.5, 0.6) is 0 Å². The fourth-order valence-corrected chi connectivity index (χ4v) is 4.51. The molecule has 2 heterocycles. The van der Waals surface area contributed by atoms with E-state index in [2.05, 4.69) is 5.32 Å². The number of nitrogens with one attached hydrogen (secondary N) is 1. The van der Waals surface area contributed by atoms with Crippen molar-refractivity contribution in [3.63, 3.8) is 0 Å². The molecule has 29 heavy (non-hydrogen) atoms. The van der Waals surface area contributed by atoms with E-state index in [0.717, 1.165) is 25.7 Å². The van der Waals surface area contributed by atoms with Gasteiger partial charge in [-0.2, -0.15) is 0 Å². The molecular formula is C22H31FN2O4. The number of hydrogen-bond donors (Lipinski definition) is 2. The number of piperidine rings is 1. The van der Waals surface area contributed by atoms with Crippen LogP contribution in [0.1, 0.15) is 64.5 Å². The summed E-state index contributed by atoms with van der Waals surface area (Å²) in [4.78, 5) is 27.0. The van der Waals surface area contributed by atoms with Crippen molar-refractivity contribution in [3.8, 4) is 0 Å². The van der Waals surface area contributed by atoms with E-state index < -0.39 is 11.6 Å². The van der Waals surface area contributed by atoms with Crippen LogP contribution < -0.4 is 5.32 Å². The van der Waals surface area contributed by atoms with E-state index in [4.69, 9.17) is 4.74 Å². The maximum atomic E-state index is 13.1. The molecule has 0 aliphatic carbocycles. The Labute approximate surface area is 171 Å². The highest BCUT2D eigenvalue weighted by Gasteiger charge is 2.45. The predicted molar refractivity (Wildman–Crippen MR) is 107 cm³/mol. The van der Waals surface area contributed by atoms with Crippen LogP contribution in [0.15, 0.2) is 24.3 Å². The topological polar surface area (TPSA) is 78.9 Å². The summed E-state index contributed by atoms with van der Waals surface area (Å²) in [5.41, 5.74) is 0.148. The van der Waals surface area contributed by atoms with Crippen LogP contribution in [-0.2, 0) is 9.53 Å². The normalized spacial score (nSPS) is 24.9. The van der Waals surface area contributed by atoms with Crippen LogP contribution in [0.2, 0.25) is 0 Å². The minimum atomic E-state index is -0.554. The molecule has 7 heteroatoms. The maximum Gasteiger partial charge on any atom is 0.410 e. The van der Waals surface area contributed by atoms with Gasteiger partial charge >= 0.3 is 6.09 Å². The number of fused-ring (bicyclic) bond motifs is 2. The van der Waals surface area contributed by atoms with Gasteiger partial charge < -0.3 is 20.1 Å². The average Bonchev–Trinajstić information content (AvgIpc) is 2.90. The minimum Gasteiger partial charge on any atom is -0.444 e. The first kappa shape index (κ1) is 21.6. The average molecular weight is 406 g/mol. The molecule has 1 aromatic rings. The molecule has 2 saturated heterocycles. The summed E-state index contributed by atoms with van der Waals surface area (Å²) < 4.78 is 18.6. The van der Waals surface area contributed by atoms with E-state index in [0.29, 0.717) is 12.0 Å². The number of aliphatic hydroxyl groups is 1. The molecule has 6 nitrogen and oxygen atoms in total. The highest BCUT2D eigenvalue weighted by Crippen LogP contribution is 2.40. The number of rotatable bonds is 5.